The largest absolute Gasteiger partial charge is 0.495 e. The van der Waals surface area contributed by atoms with Crippen LogP contribution in [0, 0.1) is 0 Å². The van der Waals surface area contributed by atoms with E-state index in [0.29, 0.717) is 28.8 Å². The maximum absolute atomic E-state index is 13.3. The average molecular weight is 585 g/mol. The normalized spacial score (nSPS) is 14.3. The Kier molecular flexibility index (Phi) is 8.48. The number of nitrogens with zero attached hydrogens (tertiary/aromatic N) is 5. The molecular weight excluding hydrogens is 552 g/mol. The minimum atomic E-state index is -0.123. The predicted molar refractivity (Wildman–Crippen MR) is 162 cm³/mol. The van der Waals surface area contributed by atoms with Crippen molar-refractivity contribution in [3.63, 3.8) is 0 Å². The number of hydrogen-bond donors (Lipinski definition) is 1. The third-order valence-electron chi connectivity index (χ3n) is 7.84. The molecule has 1 saturated heterocycles. The summed E-state index contributed by atoms with van der Waals surface area (Å²) >= 11 is 6.11. The van der Waals surface area contributed by atoms with E-state index in [1.165, 1.54) is 0 Å². The lowest BCUT2D eigenvalue weighted by molar-refractivity contribution is 0.0952. The number of benzene rings is 2. The number of methoxy groups -OCH3 is 1. The van der Waals surface area contributed by atoms with Crippen LogP contribution in [0.2, 0.25) is 5.02 Å². The maximum Gasteiger partial charge on any atom is 0.253 e. The third-order valence-corrected chi connectivity index (χ3v) is 8.07. The first-order chi connectivity index (χ1) is 20.6. The number of likely N-dealkylation sites (tertiary alicyclic amines) is 1. The minimum absolute atomic E-state index is 0.123. The standard InChI is InChI=1S/C32H33ClN6O3/c1-41-28-10-3-9-26-27(31(40)35-19-22-6-2-8-25(33)18-22)21-39(29(26)28)15-5-14-38-16-11-23(12-17-38)32-36-30(37-42-32)24-7-4-13-34-20-24/h2-4,6-10,13,18,20-21,23H,5,11-12,14-17,19H2,1H3,(H,35,40). The number of halogens is 1. The summed E-state index contributed by atoms with van der Waals surface area (Å²) < 4.78 is 13.4. The zero-order valence-electron chi connectivity index (χ0n) is 23.5. The van der Waals surface area contributed by atoms with E-state index in [2.05, 4.69) is 29.9 Å². The SMILES string of the molecule is COc1cccc2c(C(=O)NCc3cccc(Cl)c3)cn(CCCN3CCC(c4nc(-c5cccnc5)no4)CC3)c12. The molecule has 1 N–H and O–H groups in total. The second-order valence-corrected chi connectivity index (χ2v) is 11.0. The van der Waals surface area contributed by atoms with Gasteiger partial charge in [0.05, 0.1) is 18.2 Å². The summed E-state index contributed by atoms with van der Waals surface area (Å²) in [4.78, 5) is 24.5. The fraction of sp³-hybridized carbons (Fsp3) is 0.312. The number of fused-ring (bicyclic) bond motifs is 1. The minimum Gasteiger partial charge on any atom is -0.495 e. The third kappa shape index (κ3) is 6.17. The van der Waals surface area contributed by atoms with Gasteiger partial charge in [-0.05, 0) is 74.8 Å². The summed E-state index contributed by atoms with van der Waals surface area (Å²) in [6, 6.07) is 17.2. The zero-order valence-corrected chi connectivity index (χ0v) is 24.3. The summed E-state index contributed by atoms with van der Waals surface area (Å²) in [5, 5.41) is 8.73. The van der Waals surface area contributed by atoms with Gasteiger partial charge in [-0.1, -0.05) is 41.0 Å². The molecule has 1 amide bonds. The molecule has 4 heterocycles. The van der Waals surface area contributed by atoms with Crippen LogP contribution in [-0.2, 0) is 13.1 Å². The Labute approximate surface area is 249 Å². The molecule has 0 radical (unpaired) electrons. The first-order valence-corrected chi connectivity index (χ1v) is 14.6. The van der Waals surface area contributed by atoms with Gasteiger partial charge in [-0.25, -0.2) is 0 Å². The molecule has 0 aliphatic carbocycles. The fourth-order valence-corrected chi connectivity index (χ4v) is 5.87. The Morgan fingerprint density at radius 2 is 1.98 bits per heavy atom. The molecule has 9 nitrogen and oxygen atoms in total. The molecule has 10 heteroatoms. The summed E-state index contributed by atoms with van der Waals surface area (Å²) in [6.45, 7) is 4.09. The lowest BCUT2D eigenvalue weighted by atomic mass is 9.96. The Morgan fingerprint density at radius 3 is 2.76 bits per heavy atom. The Hall–Kier alpha value is -4.21. The summed E-state index contributed by atoms with van der Waals surface area (Å²) in [5.74, 6) is 2.20. The van der Waals surface area contributed by atoms with Crippen LogP contribution in [0.25, 0.3) is 22.3 Å². The van der Waals surface area contributed by atoms with E-state index in [1.54, 1.807) is 19.5 Å². The van der Waals surface area contributed by atoms with Crippen LogP contribution < -0.4 is 10.1 Å². The molecule has 2 aromatic carbocycles. The Balaban J connectivity index is 1.06. The van der Waals surface area contributed by atoms with Crippen molar-refractivity contribution in [2.24, 2.45) is 0 Å². The molecular formula is C32H33ClN6O3. The maximum atomic E-state index is 13.3. The summed E-state index contributed by atoms with van der Waals surface area (Å²) in [5.41, 5.74) is 3.39. The first kappa shape index (κ1) is 27.9. The molecule has 1 aliphatic rings. The molecule has 1 aliphatic heterocycles. The van der Waals surface area contributed by atoms with Crippen molar-refractivity contribution >= 4 is 28.4 Å². The highest BCUT2D eigenvalue weighted by Crippen LogP contribution is 2.31. The number of carbonyl (C=O) groups excluding carboxylic acids is 1. The van der Waals surface area contributed by atoms with Crippen LogP contribution in [0.1, 0.15) is 47.0 Å². The van der Waals surface area contributed by atoms with E-state index in [0.717, 1.165) is 73.2 Å². The lowest BCUT2D eigenvalue weighted by Crippen LogP contribution is -2.34. The quantitative estimate of drug-likeness (QED) is 0.217. The number of ether oxygens (including phenoxy) is 1. The van der Waals surface area contributed by atoms with Crippen LogP contribution in [0.4, 0.5) is 0 Å². The first-order valence-electron chi connectivity index (χ1n) is 14.2. The van der Waals surface area contributed by atoms with E-state index >= 15 is 0 Å². The van der Waals surface area contributed by atoms with Gasteiger partial charge >= 0.3 is 0 Å². The van der Waals surface area contributed by atoms with Crippen molar-refractivity contribution < 1.29 is 14.1 Å². The Bertz CT molecular complexity index is 1660. The van der Waals surface area contributed by atoms with Crippen LogP contribution in [0.15, 0.2) is 77.7 Å². The number of amides is 1. The summed E-state index contributed by atoms with van der Waals surface area (Å²) in [7, 11) is 1.66. The van der Waals surface area contributed by atoms with Crippen LogP contribution in [0.5, 0.6) is 5.75 Å². The van der Waals surface area contributed by atoms with Gasteiger partial charge in [-0.2, -0.15) is 4.98 Å². The van der Waals surface area contributed by atoms with E-state index < -0.39 is 0 Å². The molecule has 1 fully saturated rings. The predicted octanol–water partition coefficient (Wildman–Crippen LogP) is 5.95. The number of aryl methyl sites for hydroxylation is 1. The van der Waals surface area contributed by atoms with Crippen LogP contribution >= 0.6 is 11.6 Å². The monoisotopic (exact) mass is 584 g/mol. The molecule has 0 saturated carbocycles. The van der Waals surface area contributed by atoms with Crippen molar-refractivity contribution in [2.75, 3.05) is 26.7 Å². The number of nitrogens with one attached hydrogen (secondary N) is 1. The van der Waals surface area contributed by atoms with Gasteiger partial charge in [0, 0.05) is 53.6 Å². The molecule has 0 bridgehead atoms. The van der Waals surface area contributed by atoms with E-state index in [9.17, 15) is 4.79 Å². The molecule has 216 valence electrons. The van der Waals surface area contributed by atoms with Gasteiger partial charge in [0.15, 0.2) is 0 Å². The van der Waals surface area contributed by atoms with Crippen LogP contribution in [-0.4, -0.2) is 57.2 Å². The highest BCUT2D eigenvalue weighted by Gasteiger charge is 2.25. The number of piperidine rings is 1. The molecule has 42 heavy (non-hydrogen) atoms. The number of para-hydroxylation sites is 1. The van der Waals surface area contributed by atoms with Crippen molar-refractivity contribution in [1.29, 1.82) is 0 Å². The average Bonchev–Trinajstić information content (AvgIpc) is 3.67. The second-order valence-electron chi connectivity index (χ2n) is 10.6. The van der Waals surface area contributed by atoms with Gasteiger partial charge in [-0.3, -0.25) is 9.78 Å². The molecule has 3 aromatic heterocycles. The van der Waals surface area contributed by atoms with Crippen LogP contribution in [0.3, 0.4) is 0 Å². The number of pyridine rings is 1. The molecule has 0 atom stereocenters. The number of hydrogen-bond acceptors (Lipinski definition) is 7. The molecule has 0 unspecified atom stereocenters. The molecule has 5 aromatic rings. The summed E-state index contributed by atoms with van der Waals surface area (Å²) in [6.07, 6.45) is 8.33. The highest BCUT2D eigenvalue weighted by atomic mass is 35.5. The number of rotatable bonds is 10. The highest BCUT2D eigenvalue weighted by molar-refractivity contribution is 6.30. The van der Waals surface area contributed by atoms with Crippen molar-refractivity contribution in [3.05, 3.63) is 95.2 Å². The van der Waals surface area contributed by atoms with Gasteiger partial charge < -0.3 is 24.0 Å². The van der Waals surface area contributed by atoms with E-state index in [4.69, 9.17) is 20.9 Å². The second kappa shape index (κ2) is 12.8. The Morgan fingerprint density at radius 1 is 1.12 bits per heavy atom. The fourth-order valence-electron chi connectivity index (χ4n) is 5.65. The lowest BCUT2D eigenvalue weighted by Gasteiger charge is -2.30. The van der Waals surface area contributed by atoms with Crippen molar-refractivity contribution in [1.82, 2.24) is 29.9 Å². The van der Waals surface area contributed by atoms with Gasteiger partial charge in [0.1, 0.15) is 5.75 Å². The smallest absolute Gasteiger partial charge is 0.253 e. The zero-order chi connectivity index (χ0) is 28.9. The van der Waals surface area contributed by atoms with E-state index in [-0.39, 0.29) is 11.8 Å². The van der Waals surface area contributed by atoms with Gasteiger partial charge in [0.2, 0.25) is 11.7 Å². The van der Waals surface area contributed by atoms with Crippen molar-refractivity contribution in [2.45, 2.75) is 38.3 Å². The van der Waals surface area contributed by atoms with E-state index in [1.807, 2.05) is 60.8 Å². The molecule has 0 spiro atoms. The van der Waals surface area contributed by atoms with Gasteiger partial charge in [0.25, 0.3) is 5.91 Å². The number of aromatic nitrogens is 4. The van der Waals surface area contributed by atoms with Crippen molar-refractivity contribution in [3.8, 4) is 17.1 Å². The van der Waals surface area contributed by atoms with Gasteiger partial charge in [-0.15, -0.1) is 0 Å². The number of carbonyl (C=O) groups is 1. The molecule has 6 rings (SSSR count). The topological polar surface area (TPSA) is 98.3 Å².